The van der Waals surface area contributed by atoms with Gasteiger partial charge in [0.05, 0.1) is 23.0 Å². The molecule has 1 aliphatic rings. The van der Waals surface area contributed by atoms with Crippen LogP contribution in [-0.2, 0) is 21.4 Å². The topological polar surface area (TPSA) is 92.5 Å². The average Bonchev–Trinajstić information content (AvgIpc) is 3.32. The number of hydrogen-bond acceptors (Lipinski definition) is 6. The van der Waals surface area contributed by atoms with Gasteiger partial charge in [-0.3, -0.25) is 4.79 Å². The number of fused-ring (bicyclic) bond motifs is 1. The van der Waals surface area contributed by atoms with Gasteiger partial charge in [0.2, 0.25) is 15.9 Å². The van der Waals surface area contributed by atoms with Crippen molar-refractivity contribution in [3.8, 4) is 10.8 Å². The molecule has 1 amide bonds. The number of aromatic nitrogens is 1. The number of rotatable bonds is 5. The van der Waals surface area contributed by atoms with Crippen LogP contribution in [0.15, 0.2) is 40.8 Å². The molecule has 28 heavy (non-hydrogen) atoms. The zero-order valence-electron chi connectivity index (χ0n) is 15.4. The Balaban J connectivity index is 1.43. The Bertz CT molecular complexity index is 1070. The van der Waals surface area contributed by atoms with E-state index in [1.165, 1.54) is 4.31 Å². The van der Waals surface area contributed by atoms with Crippen LogP contribution >= 0.6 is 11.3 Å². The molecule has 1 saturated heterocycles. The first-order valence-corrected chi connectivity index (χ1v) is 11.8. The van der Waals surface area contributed by atoms with Gasteiger partial charge in [-0.1, -0.05) is 18.6 Å². The molecule has 2 aromatic heterocycles. The summed E-state index contributed by atoms with van der Waals surface area (Å²) >= 11 is 1.55. The van der Waals surface area contributed by atoms with Gasteiger partial charge in [0.15, 0.2) is 10.8 Å². The molecule has 1 unspecified atom stereocenters. The van der Waals surface area contributed by atoms with E-state index in [0.29, 0.717) is 24.5 Å². The Morgan fingerprint density at radius 2 is 2.11 bits per heavy atom. The van der Waals surface area contributed by atoms with E-state index in [9.17, 15) is 13.2 Å². The molecule has 148 valence electrons. The molecule has 0 saturated carbocycles. The molecule has 9 heteroatoms. The van der Waals surface area contributed by atoms with Gasteiger partial charge in [-0.15, -0.1) is 11.3 Å². The van der Waals surface area contributed by atoms with Crippen molar-refractivity contribution in [1.29, 1.82) is 0 Å². The number of carbonyl (C=O) groups excluding carboxylic acids is 1. The summed E-state index contributed by atoms with van der Waals surface area (Å²) in [7, 11) is -3.41. The number of nitrogens with one attached hydrogen (secondary N) is 1. The van der Waals surface area contributed by atoms with Crippen LogP contribution in [0.3, 0.4) is 0 Å². The highest BCUT2D eigenvalue weighted by Crippen LogP contribution is 2.31. The molecular weight excluding hydrogens is 398 g/mol. The van der Waals surface area contributed by atoms with Gasteiger partial charge in [0.25, 0.3) is 0 Å². The van der Waals surface area contributed by atoms with Crippen molar-refractivity contribution in [2.75, 3.05) is 12.8 Å². The van der Waals surface area contributed by atoms with Gasteiger partial charge in [0, 0.05) is 6.54 Å². The summed E-state index contributed by atoms with van der Waals surface area (Å²) in [5, 5.41) is 3.59. The molecule has 0 spiro atoms. The smallest absolute Gasteiger partial charge is 0.238 e. The number of furan rings is 1. The van der Waals surface area contributed by atoms with Crippen LogP contribution in [0.1, 0.15) is 25.0 Å². The minimum Gasteiger partial charge on any atom is -0.457 e. The maximum Gasteiger partial charge on any atom is 0.238 e. The lowest BCUT2D eigenvalue weighted by Gasteiger charge is -2.32. The van der Waals surface area contributed by atoms with Crippen LogP contribution in [0.25, 0.3) is 21.0 Å². The number of benzene rings is 1. The number of para-hydroxylation sites is 1. The predicted molar refractivity (Wildman–Crippen MR) is 108 cm³/mol. The Hall–Kier alpha value is -2.23. The molecule has 3 aromatic rings. The summed E-state index contributed by atoms with van der Waals surface area (Å²) in [6.45, 7) is 0.595. The van der Waals surface area contributed by atoms with Crippen LogP contribution < -0.4 is 5.32 Å². The van der Waals surface area contributed by atoms with E-state index < -0.39 is 16.1 Å². The second kappa shape index (κ2) is 7.65. The van der Waals surface area contributed by atoms with Crippen LogP contribution in [0.4, 0.5) is 0 Å². The summed E-state index contributed by atoms with van der Waals surface area (Å²) in [5.74, 6) is 0.966. The Labute approximate surface area is 167 Å². The fraction of sp³-hybridized carbons (Fsp3) is 0.368. The average molecular weight is 420 g/mol. The van der Waals surface area contributed by atoms with Crippen molar-refractivity contribution >= 4 is 37.5 Å². The minimum absolute atomic E-state index is 0.206. The quantitative estimate of drug-likeness (QED) is 0.686. The van der Waals surface area contributed by atoms with Crippen molar-refractivity contribution in [3.63, 3.8) is 0 Å². The maximum absolute atomic E-state index is 12.6. The van der Waals surface area contributed by atoms with Gasteiger partial charge in [-0.05, 0) is 37.1 Å². The highest BCUT2D eigenvalue weighted by Gasteiger charge is 2.34. The Kier molecular flexibility index (Phi) is 5.22. The summed E-state index contributed by atoms with van der Waals surface area (Å²) < 4.78 is 32.1. The SMILES string of the molecule is CS(=O)(=O)N1CCCCC1C(=O)NCc1ccc(-c2nc3ccccc3s2)o1. The number of carbonyl (C=O) groups is 1. The fourth-order valence-electron chi connectivity index (χ4n) is 3.42. The third kappa shape index (κ3) is 3.96. The number of sulfonamides is 1. The Morgan fingerprint density at radius 3 is 2.89 bits per heavy atom. The summed E-state index contributed by atoms with van der Waals surface area (Å²) in [4.78, 5) is 17.1. The lowest BCUT2D eigenvalue weighted by atomic mass is 10.0. The normalized spacial score (nSPS) is 18.4. The van der Waals surface area contributed by atoms with Crippen LogP contribution in [0.2, 0.25) is 0 Å². The first-order valence-electron chi connectivity index (χ1n) is 9.11. The van der Waals surface area contributed by atoms with E-state index in [2.05, 4.69) is 10.3 Å². The van der Waals surface area contributed by atoms with Crippen LogP contribution in [0.5, 0.6) is 0 Å². The van der Waals surface area contributed by atoms with Gasteiger partial charge < -0.3 is 9.73 Å². The fourth-order valence-corrected chi connectivity index (χ4v) is 5.47. The third-order valence-corrected chi connectivity index (χ3v) is 7.13. The number of piperidine rings is 1. The molecule has 3 heterocycles. The first-order chi connectivity index (χ1) is 13.4. The van der Waals surface area contributed by atoms with Gasteiger partial charge in [-0.2, -0.15) is 4.31 Å². The molecule has 1 fully saturated rings. The standard InChI is InChI=1S/C19H21N3O4S2/c1-28(24,25)22-11-5-4-7-15(22)18(23)20-12-13-9-10-16(26-13)19-21-14-6-2-3-8-17(14)27-19/h2-3,6,8-10,15H,4-5,7,11-12H2,1H3,(H,20,23). The summed E-state index contributed by atoms with van der Waals surface area (Å²) in [5.41, 5.74) is 0.923. The molecule has 0 bridgehead atoms. The number of amides is 1. The van der Waals surface area contributed by atoms with E-state index >= 15 is 0 Å². The van der Waals surface area contributed by atoms with E-state index in [4.69, 9.17) is 4.42 Å². The van der Waals surface area contributed by atoms with E-state index in [1.807, 2.05) is 30.3 Å². The monoisotopic (exact) mass is 419 g/mol. The van der Waals surface area contributed by atoms with Crippen LogP contribution in [-0.4, -0.2) is 42.5 Å². The largest absolute Gasteiger partial charge is 0.457 e. The summed E-state index contributed by atoms with van der Waals surface area (Å²) in [6.07, 6.45) is 3.30. The number of hydrogen-bond donors (Lipinski definition) is 1. The second-order valence-corrected chi connectivity index (χ2v) is 9.82. The molecule has 1 aliphatic heterocycles. The van der Waals surface area contributed by atoms with Crippen molar-refractivity contribution in [2.24, 2.45) is 0 Å². The molecule has 1 N–H and O–H groups in total. The van der Waals surface area contributed by atoms with E-state index in [0.717, 1.165) is 34.3 Å². The van der Waals surface area contributed by atoms with E-state index in [1.54, 1.807) is 17.4 Å². The van der Waals surface area contributed by atoms with Crippen molar-refractivity contribution < 1.29 is 17.6 Å². The summed E-state index contributed by atoms with van der Waals surface area (Å²) in [6, 6.07) is 10.9. The Morgan fingerprint density at radius 1 is 1.29 bits per heavy atom. The third-order valence-electron chi connectivity index (χ3n) is 4.79. The molecule has 1 aromatic carbocycles. The maximum atomic E-state index is 12.6. The zero-order chi connectivity index (χ0) is 19.7. The minimum atomic E-state index is -3.41. The van der Waals surface area contributed by atoms with E-state index in [-0.39, 0.29) is 12.5 Å². The molecule has 7 nitrogen and oxygen atoms in total. The molecule has 0 radical (unpaired) electrons. The number of nitrogens with zero attached hydrogens (tertiary/aromatic N) is 2. The predicted octanol–water partition coefficient (Wildman–Crippen LogP) is 2.99. The lowest BCUT2D eigenvalue weighted by Crippen LogP contribution is -2.51. The highest BCUT2D eigenvalue weighted by molar-refractivity contribution is 7.88. The molecule has 4 rings (SSSR count). The molecular formula is C19H21N3O4S2. The van der Waals surface area contributed by atoms with Gasteiger partial charge in [0.1, 0.15) is 11.8 Å². The zero-order valence-corrected chi connectivity index (χ0v) is 17.1. The molecule has 0 aliphatic carbocycles. The van der Waals surface area contributed by atoms with Crippen molar-refractivity contribution in [3.05, 3.63) is 42.2 Å². The number of thiazole rings is 1. The first kappa shape index (κ1) is 19.1. The van der Waals surface area contributed by atoms with Gasteiger partial charge in [-0.25, -0.2) is 13.4 Å². The van der Waals surface area contributed by atoms with Crippen molar-refractivity contribution in [2.45, 2.75) is 31.8 Å². The highest BCUT2D eigenvalue weighted by atomic mass is 32.2. The van der Waals surface area contributed by atoms with Gasteiger partial charge >= 0.3 is 0 Å². The van der Waals surface area contributed by atoms with Crippen molar-refractivity contribution in [1.82, 2.24) is 14.6 Å². The van der Waals surface area contributed by atoms with Crippen LogP contribution in [0, 0.1) is 0 Å². The lowest BCUT2D eigenvalue weighted by molar-refractivity contribution is -0.125. The second-order valence-electron chi connectivity index (χ2n) is 6.86. The molecule has 1 atom stereocenters.